The Morgan fingerprint density at radius 2 is 1.81 bits per heavy atom. The first-order valence-electron chi connectivity index (χ1n) is 6.93. The highest BCUT2D eigenvalue weighted by molar-refractivity contribution is 7.11. The molecule has 114 valence electrons. The third kappa shape index (κ3) is 4.25. The molecule has 0 fully saturated rings. The van der Waals surface area contributed by atoms with Crippen molar-refractivity contribution in [3.05, 3.63) is 51.2 Å². The second-order valence-electron chi connectivity index (χ2n) is 5.08. The largest absolute Gasteiger partial charge is 0.482 e. The Morgan fingerprint density at radius 1 is 1.19 bits per heavy atom. The Labute approximate surface area is 127 Å². The molecular formula is C16H19F2NOS. The van der Waals surface area contributed by atoms with E-state index in [1.807, 2.05) is 12.1 Å². The van der Waals surface area contributed by atoms with Crippen molar-refractivity contribution in [2.75, 3.05) is 0 Å². The molecule has 5 heteroatoms. The summed E-state index contributed by atoms with van der Waals surface area (Å²) in [5.74, 6) is -1.69. The number of ether oxygens (including phenoxy) is 1. The van der Waals surface area contributed by atoms with Gasteiger partial charge in [0, 0.05) is 15.8 Å². The molecule has 1 atom stereocenters. The Kier molecular flexibility index (Phi) is 5.31. The smallest absolute Gasteiger partial charge is 0.191 e. The predicted octanol–water partition coefficient (Wildman–Crippen LogP) is 4.06. The Bertz CT molecular complexity index is 587. The molecule has 0 aliphatic carbocycles. The molecule has 0 aliphatic rings. The van der Waals surface area contributed by atoms with Crippen molar-refractivity contribution in [1.82, 2.24) is 0 Å². The number of nitrogens with two attached hydrogens (primary N) is 1. The first kappa shape index (κ1) is 15.9. The average Bonchev–Trinajstić information content (AvgIpc) is 2.85. The van der Waals surface area contributed by atoms with Crippen LogP contribution in [-0.2, 0) is 19.4 Å². The summed E-state index contributed by atoms with van der Waals surface area (Å²) in [7, 11) is 0. The molecule has 1 heterocycles. The molecule has 0 saturated carbocycles. The normalized spacial score (nSPS) is 12.4. The van der Waals surface area contributed by atoms with Gasteiger partial charge in [-0.25, -0.2) is 8.78 Å². The molecule has 0 radical (unpaired) electrons. The highest BCUT2D eigenvalue weighted by atomic mass is 32.1. The van der Waals surface area contributed by atoms with E-state index in [0.29, 0.717) is 12.0 Å². The SMILES string of the molecule is CCc1ccc(COc2c(F)cc(CC(C)N)cc2F)s1. The molecule has 21 heavy (non-hydrogen) atoms. The van der Waals surface area contributed by atoms with Gasteiger partial charge in [0.25, 0.3) is 0 Å². The lowest BCUT2D eigenvalue weighted by Crippen LogP contribution is -2.18. The molecule has 0 amide bonds. The van der Waals surface area contributed by atoms with E-state index >= 15 is 0 Å². The zero-order chi connectivity index (χ0) is 15.4. The standard InChI is InChI=1S/C16H19F2NOS/c1-3-12-4-5-13(21-12)9-20-16-14(17)7-11(6-10(2)19)8-15(16)18/h4-5,7-8,10H,3,6,9,19H2,1-2H3. The van der Waals surface area contributed by atoms with Crippen LogP contribution in [0.25, 0.3) is 0 Å². The average molecular weight is 311 g/mol. The van der Waals surface area contributed by atoms with Crippen LogP contribution in [0.4, 0.5) is 8.78 Å². The Balaban J connectivity index is 2.09. The van der Waals surface area contributed by atoms with Gasteiger partial charge in [-0.3, -0.25) is 0 Å². The first-order chi connectivity index (χ1) is 9.99. The summed E-state index contributed by atoms with van der Waals surface area (Å²) in [6.45, 7) is 4.03. The fraction of sp³-hybridized carbons (Fsp3) is 0.375. The molecule has 2 aromatic rings. The first-order valence-corrected chi connectivity index (χ1v) is 7.75. The van der Waals surface area contributed by atoms with Crippen LogP contribution in [0.2, 0.25) is 0 Å². The molecule has 0 spiro atoms. The lowest BCUT2D eigenvalue weighted by Gasteiger charge is -2.10. The molecule has 0 bridgehead atoms. The molecule has 0 aliphatic heterocycles. The molecule has 1 unspecified atom stereocenters. The van der Waals surface area contributed by atoms with Crippen LogP contribution in [0.3, 0.4) is 0 Å². The van der Waals surface area contributed by atoms with Crippen LogP contribution < -0.4 is 10.5 Å². The Morgan fingerprint density at radius 3 is 2.33 bits per heavy atom. The van der Waals surface area contributed by atoms with Crippen molar-refractivity contribution in [3.8, 4) is 5.75 Å². The van der Waals surface area contributed by atoms with Crippen molar-refractivity contribution in [2.24, 2.45) is 5.73 Å². The fourth-order valence-corrected chi connectivity index (χ4v) is 2.94. The van der Waals surface area contributed by atoms with Crippen molar-refractivity contribution >= 4 is 11.3 Å². The number of hydrogen-bond acceptors (Lipinski definition) is 3. The Hall–Kier alpha value is -1.46. The van der Waals surface area contributed by atoms with Gasteiger partial charge in [-0.2, -0.15) is 0 Å². The van der Waals surface area contributed by atoms with Gasteiger partial charge in [0.05, 0.1) is 0 Å². The summed E-state index contributed by atoms with van der Waals surface area (Å²) in [5.41, 5.74) is 6.18. The second-order valence-corrected chi connectivity index (χ2v) is 6.33. The summed E-state index contributed by atoms with van der Waals surface area (Å²) in [4.78, 5) is 2.17. The number of aryl methyl sites for hydroxylation is 1. The minimum Gasteiger partial charge on any atom is -0.482 e. The van der Waals surface area contributed by atoms with Gasteiger partial charge in [-0.15, -0.1) is 11.3 Å². The van der Waals surface area contributed by atoms with Crippen LogP contribution in [0, 0.1) is 11.6 Å². The number of hydrogen-bond donors (Lipinski definition) is 1. The number of benzene rings is 1. The maximum Gasteiger partial charge on any atom is 0.191 e. The minimum atomic E-state index is -0.682. The van der Waals surface area contributed by atoms with E-state index < -0.39 is 11.6 Å². The number of rotatable bonds is 6. The van der Waals surface area contributed by atoms with E-state index in [2.05, 4.69) is 6.92 Å². The van der Waals surface area contributed by atoms with Crippen LogP contribution in [-0.4, -0.2) is 6.04 Å². The lowest BCUT2D eigenvalue weighted by molar-refractivity contribution is 0.276. The lowest BCUT2D eigenvalue weighted by atomic mass is 10.1. The van der Waals surface area contributed by atoms with Gasteiger partial charge in [0.2, 0.25) is 0 Å². The van der Waals surface area contributed by atoms with Crippen molar-refractivity contribution in [1.29, 1.82) is 0 Å². The van der Waals surface area contributed by atoms with E-state index in [0.717, 1.165) is 11.3 Å². The van der Waals surface area contributed by atoms with Crippen molar-refractivity contribution < 1.29 is 13.5 Å². The third-order valence-electron chi connectivity index (χ3n) is 3.04. The monoisotopic (exact) mass is 311 g/mol. The predicted molar refractivity (Wildman–Crippen MR) is 81.7 cm³/mol. The summed E-state index contributed by atoms with van der Waals surface area (Å²) in [5, 5.41) is 0. The quantitative estimate of drug-likeness (QED) is 0.873. The maximum absolute atomic E-state index is 13.9. The van der Waals surface area contributed by atoms with E-state index in [9.17, 15) is 8.78 Å². The van der Waals surface area contributed by atoms with Gasteiger partial charge in [0.1, 0.15) is 6.61 Å². The molecular weight excluding hydrogens is 292 g/mol. The summed E-state index contributed by atoms with van der Waals surface area (Å²) >= 11 is 1.59. The highest BCUT2D eigenvalue weighted by Gasteiger charge is 2.14. The van der Waals surface area contributed by atoms with Crippen LogP contribution >= 0.6 is 11.3 Å². The van der Waals surface area contributed by atoms with Gasteiger partial charge in [-0.05, 0) is 49.6 Å². The van der Waals surface area contributed by atoms with E-state index in [-0.39, 0.29) is 18.4 Å². The molecule has 2 nitrogen and oxygen atoms in total. The summed E-state index contributed by atoms with van der Waals surface area (Å²) in [6, 6.07) is 6.35. The zero-order valence-corrected chi connectivity index (χ0v) is 13.0. The molecule has 1 aromatic heterocycles. The van der Waals surface area contributed by atoms with Gasteiger partial charge < -0.3 is 10.5 Å². The van der Waals surface area contributed by atoms with E-state index in [1.165, 1.54) is 17.0 Å². The maximum atomic E-state index is 13.9. The van der Waals surface area contributed by atoms with Crippen LogP contribution in [0.15, 0.2) is 24.3 Å². The topological polar surface area (TPSA) is 35.2 Å². The highest BCUT2D eigenvalue weighted by Crippen LogP contribution is 2.26. The zero-order valence-electron chi connectivity index (χ0n) is 12.2. The van der Waals surface area contributed by atoms with E-state index in [1.54, 1.807) is 18.3 Å². The third-order valence-corrected chi connectivity index (χ3v) is 4.24. The minimum absolute atomic E-state index is 0.144. The number of thiophene rings is 1. The van der Waals surface area contributed by atoms with Crippen molar-refractivity contribution in [2.45, 2.75) is 39.3 Å². The van der Waals surface area contributed by atoms with Gasteiger partial charge in [-0.1, -0.05) is 6.92 Å². The van der Waals surface area contributed by atoms with Crippen LogP contribution in [0.1, 0.15) is 29.2 Å². The summed E-state index contributed by atoms with van der Waals surface area (Å²) < 4.78 is 33.2. The second kappa shape index (κ2) is 7.00. The van der Waals surface area contributed by atoms with Crippen LogP contribution in [0.5, 0.6) is 5.75 Å². The summed E-state index contributed by atoms with van der Waals surface area (Å²) in [6.07, 6.45) is 1.37. The number of halogens is 2. The van der Waals surface area contributed by atoms with E-state index in [4.69, 9.17) is 10.5 Å². The van der Waals surface area contributed by atoms with Gasteiger partial charge >= 0.3 is 0 Å². The molecule has 2 rings (SSSR count). The molecule has 2 N–H and O–H groups in total. The fourth-order valence-electron chi connectivity index (χ4n) is 2.07. The van der Waals surface area contributed by atoms with Crippen molar-refractivity contribution in [3.63, 3.8) is 0 Å². The molecule has 1 aromatic carbocycles. The molecule has 0 saturated heterocycles. The van der Waals surface area contributed by atoms with Gasteiger partial charge in [0.15, 0.2) is 17.4 Å².